The van der Waals surface area contributed by atoms with E-state index in [1.807, 2.05) is 31.4 Å². The van der Waals surface area contributed by atoms with Gasteiger partial charge in [0.2, 0.25) is 0 Å². The van der Waals surface area contributed by atoms with E-state index < -0.39 is 0 Å². The van der Waals surface area contributed by atoms with E-state index in [0.29, 0.717) is 5.82 Å². The first-order valence-corrected chi connectivity index (χ1v) is 9.18. The molecule has 7 nitrogen and oxygen atoms in total. The van der Waals surface area contributed by atoms with Crippen LogP contribution in [0.4, 0.5) is 5.82 Å². The third kappa shape index (κ3) is 3.70. The monoisotopic (exact) mass is 373 g/mol. The number of likely N-dealkylation sites (N-methyl/N-ethyl adjacent to an activating group) is 1. The first-order chi connectivity index (χ1) is 13.6. The van der Waals surface area contributed by atoms with Crippen LogP contribution in [0.25, 0.3) is 22.4 Å². The number of pyridine rings is 1. The molecule has 0 aliphatic carbocycles. The average Bonchev–Trinajstić information content (AvgIpc) is 3.09. The van der Waals surface area contributed by atoms with Crippen molar-refractivity contribution in [2.45, 2.75) is 6.04 Å². The van der Waals surface area contributed by atoms with Crippen LogP contribution >= 0.6 is 0 Å². The van der Waals surface area contributed by atoms with Gasteiger partial charge in [0.15, 0.2) is 11.5 Å². The van der Waals surface area contributed by atoms with Gasteiger partial charge in [0, 0.05) is 31.5 Å². The molecule has 4 rings (SSSR count). The van der Waals surface area contributed by atoms with Crippen LogP contribution < -0.4 is 5.32 Å². The summed E-state index contributed by atoms with van der Waals surface area (Å²) < 4.78 is 1.77. The number of aromatic nitrogens is 5. The van der Waals surface area contributed by atoms with Gasteiger partial charge in [0.25, 0.3) is 0 Å². The quantitative estimate of drug-likeness (QED) is 0.560. The average molecular weight is 373 g/mol. The predicted molar refractivity (Wildman–Crippen MR) is 111 cm³/mol. The van der Waals surface area contributed by atoms with Crippen LogP contribution in [0, 0.1) is 0 Å². The Bertz CT molecular complexity index is 1060. The summed E-state index contributed by atoms with van der Waals surface area (Å²) >= 11 is 0. The van der Waals surface area contributed by atoms with Gasteiger partial charge < -0.3 is 10.2 Å². The predicted octanol–water partition coefficient (Wildman–Crippen LogP) is 3.14. The minimum Gasteiger partial charge on any atom is -0.361 e. The molecule has 1 N–H and O–H groups in total. The Morgan fingerprint density at radius 2 is 1.79 bits per heavy atom. The van der Waals surface area contributed by atoms with Crippen molar-refractivity contribution in [3.8, 4) is 11.4 Å². The van der Waals surface area contributed by atoms with Crippen molar-refractivity contribution in [2.24, 2.45) is 7.05 Å². The largest absolute Gasteiger partial charge is 0.361 e. The second kappa shape index (κ2) is 7.74. The number of aryl methyl sites for hydroxylation is 1. The van der Waals surface area contributed by atoms with Crippen LogP contribution in [0.15, 0.2) is 61.1 Å². The van der Waals surface area contributed by atoms with Crippen molar-refractivity contribution in [2.75, 3.05) is 26.0 Å². The molecule has 3 heterocycles. The molecule has 0 spiro atoms. The van der Waals surface area contributed by atoms with Gasteiger partial charge in [0.1, 0.15) is 5.82 Å². The van der Waals surface area contributed by atoms with E-state index in [9.17, 15) is 0 Å². The van der Waals surface area contributed by atoms with Gasteiger partial charge in [-0.2, -0.15) is 5.10 Å². The normalized spacial score (nSPS) is 12.4. The number of benzene rings is 1. The molecule has 0 saturated carbocycles. The zero-order valence-electron chi connectivity index (χ0n) is 16.2. The van der Waals surface area contributed by atoms with Crippen molar-refractivity contribution < 1.29 is 0 Å². The van der Waals surface area contributed by atoms with Crippen molar-refractivity contribution in [1.82, 2.24) is 29.6 Å². The van der Waals surface area contributed by atoms with Crippen molar-refractivity contribution in [1.29, 1.82) is 0 Å². The fourth-order valence-corrected chi connectivity index (χ4v) is 3.21. The molecular formula is C21H23N7. The summed E-state index contributed by atoms with van der Waals surface area (Å²) in [4.78, 5) is 15.8. The molecule has 0 aliphatic rings. The van der Waals surface area contributed by atoms with Crippen LogP contribution in [-0.4, -0.2) is 50.3 Å². The number of hydrogen-bond acceptors (Lipinski definition) is 6. The highest BCUT2D eigenvalue weighted by atomic mass is 15.3. The highest BCUT2D eigenvalue weighted by Gasteiger charge is 2.18. The molecule has 1 aromatic carbocycles. The number of fused-ring (bicyclic) bond motifs is 1. The second-order valence-electron chi connectivity index (χ2n) is 7.01. The topological polar surface area (TPSA) is 71.8 Å². The van der Waals surface area contributed by atoms with Gasteiger partial charge >= 0.3 is 0 Å². The van der Waals surface area contributed by atoms with Gasteiger partial charge in [-0.25, -0.2) is 9.97 Å². The van der Waals surface area contributed by atoms with Crippen molar-refractivity contribution in [3.05, 3.63) is 66.6 Å². The molecule has 0 radical (unpaired) electrons. The van der Waals surface area contributed by atoms with Crippen molar-refractivity contribution in [3.63, 3.8) is 0 Å². The molecule has 142 valence electrons. The Balaban J connectivity index is 1.80. The third-order valence-electron chi connectivity index (χ3n) is 4.59. The number of rotatable bonds is 6. The number of nitrogens with one attached hydrogen (secondary N) is 1. The van der Waals surface area contributed by atoms with E-state index in [1.54, 1.807) is 17.1 Å². The molecule has 0 saturated heterocycles. The maximum Gasteiger partial charge on any atom is 0.164 e. The molecule has 4 aromatic rings. The molecule has 7 heteroatoms. The maximum atomic E-state index is 4.84. The molecule has 0 unspecified atom stereocenters. The Labute approximate surface area is 164 Å². The van der Waals surface area contributed by atoms with Gasteiger partial charge in [-0.1, -0.05) is 30.3 Å². The number of nitrogens with zero attached hydrogens (tertiary/aromatic N) is 6. The molecule has 0 amide bonds. The van der Waals surface area contributed by atoms with Crippen LogP contribution in [0.1, 0.15) is 11.6 Å². The van der Waals surface area contributed by atoms with Gasteiger partial charge in [-0.05, 0) is 31.8 Å². The lowest BCUT2D eigenvalue weighted by molar-refractivity contribution is 0.386. The van der Waals surface area contributed by atoms with E-state index in [1.165, 1.54) is 5.56 Å². The first kappa shape index (κ1) is 18.1. The lowest BCUT2D eigenvalue weighted by atomic mass is 10.1. The Morgan fingerprint density at radius 3 is 2.50 bits per heavy atom. The van der Waals surface area contributed by atoms with E-state index in [-0.39, 0.29) is 6.04 Å². The Hall–Kier alpha value is -3.32. The zero-order chi connectivity index (χ0) is 19.5. The molecule has 1 atom stereocenters. The summed E-state index contributed by atoms with van der Waals surface area (Å²) in [5.74, 6) is 1.43. The fourth-order valence-electron chi connectivity index (χ4n) is 3.21. The van der Waals surface area contributed by atoms with E-state index in [4.69, 9.17) is 9.97 Å². The van der Waals surface area contributed by atoms with Gasteiger partial charge in [0.05, 0.1) is 17.6 Å². The third-order valence-corrected chi connectivity index (χ3v) is 4.59. The number of hydrogen-bond donors (Lipinski definition) is 1. The van der Waals surface area contributed by atoms with E-state index in [2.05, 4.69) is 58.7 Å². The van der Waals surface area contributed by atoms with Crippen molar-refractivity contribution >= 4 is 16.9 Å². The lowest BCUT2D eigenvalue weighted by Crippen LogP contribution is -2.26. The highest BCUT2D eigenvalue weighted by molar-refractivity contribution is 5.88. The Morgan fingerprint density at radius 1 is 1.04 bits per heavy atom. The van der Waals surface area contributed by atoms with E-state index in [0.717, 1.165) is 29.0 Å². The molecule has 0 aliphatic heterocycles. The SMILES string of the molecule is CN(C)C[C@@H](Nc1nc(-c2ccncc2)nc2c1cnn2C)c1ccccc1. The van der Waals surface area contributed by atoms with Crippen LogP contribution in [0.3, 0.4) is 0 Å². The Kier molecular flexibility index (Phi) is 4.99. The summed E-state index contributed by atoms with van der Waals surface area (Å²) in [7, 11) is 6.03. The summed E-state index contributed by atoms with van der Waals surface area (Å²) in [5, 5.41) is 8.92. The lowest BCUT2D eigenvalue weighted by Gasteiger charge is -2.24. The fraction of sp³-hybridized carbons (Fsp3) is 0.238. The summed E-state index contributed by atoms with van der Waals surface area (Å²) in [6.07, 6.45) is 5.31. The first-order valence-electron chi connectivity index (χ1n) is 9.18. The van der Waals surface area contributed by atoms with Gasteiger partial charge in [-0.3, -0.25) is 9.67 Å². The number of anilines is 1. The smallest absolute Gasteiger partial charge is 0.164 e. The minimum atomic E-state index is 0.0831. The molecule has 0 fully saturated rings. The highest BCUT2D eigenvalue weighted by Crippen LogP contribution is 2.27. The zero-order valence-corrected chi connectivity index (χ0v) is 16.2. The molecule has 28 heavy (non-hydrogen) atoms. The van der Waals surface area contributed by atoms with Crippen LogP contribution in [-0.2, 0) is 7.05 Å². The molecule has 0 bridgehead atoms. The standard InChI is InChI=1S/C21H23N7/c1-27(2)14-18(15-7-5-4-6-8-15)24-20-17-13-23-28(3)21(17)26-19(25-20)16-9-11-22-12-10-16/h4-13,18H,14H2,1-3H3,(H,24,25,26)/t18-/m1/s1. The van der Waals surface area contributed by atoms with Crippen LogP contribution in [0.2, 0.25) is 0 Å². The van der Waals surface area contributed by atoms with Gasteiger partial charge in [-0.15, -0.1) is 0 Å². The minimum absolute atomic E-state index is 0.0831. The summed E-state index contributed by atoms with van der Waals surface area (Å²) in [6, 6.07) is 14.3. The molecule has 3 aromatic heterocycles. The summed E-state index contributed by atoms with van der Waals surface area (Å²) in [5.41, 5.74) is 2.92. The van der Waals surface area contributed by atoms with E-state index >= 15 is 0 Å². The maximum absolute atomic E-state index is 4.84. The molecular weight excluding hydrogens is 350 g/mol. The van der Waals surface area contributed by atoms with Crippen LogP contribution in [0.5, 0.6) is 0 Å². The second-order valence-corrected chi connectivity index (χ2v) is 7.01. The summed E-state index contributed by atoms with van der Waals surface area (Å²) in [6.45, 7) is 0.834.